The summed E-state index contributed by atoms with van der Waals surface area (Å²) in [6, 6.07) is 10.3. The van der Waals surface area contributed by atoms with E-state index < -0.39 is 0 Å². The van der Waals surface area contributed by atoms with Crippen LogP contribution in [0.3, 0.4) is 0 Å². The number of likely N-dealkylation sites (N-methyl/N-ethyl adjacent to an activating group) is 1. The summed E-state index contributed by atoms with van der Waals surface area (Å²) in [4.78, 5) is 13.7. The molecule has 0 aliphatic heterocycles. The van der Waals surface area contributed by atoms with Gasteiger partial charge in [-0.15, -0.1) is 0 Å². The third-order valence-corrected chi connectivity index (χ3v) is 2.65. The van der Waals surface area contributed by atoms with Crippen LogP contribution in [0.15, 0.2) is 30.3 Å². The molecule has 0 heterocycles. The number of carbonyl (C=O) groups excluding carboxylic acids is 1. The van der Waals surface area contributed by atoms with Gasteiger partial charge >= 0.3 is 0 Å². The maximum atomic E-state index is 11.6. The van der Waals surface area contributed by atoms with Crippen molar-refractivity contribution >= 4 is 5.91 Å². The molecule has 0 saturated heterocycles. The lowest BCUT2D eigenvalue weighted by Crippen LogP contribution is -2.43. The molecule has 0 radical (unpaired) electrons. The molecule has 0 spiro atoms. The molecule has 0 saturated carbocycles. The molecule has 0 aromatic heterocycles. The molecule has 1 rings (SSSR count). The van der Waals surface area contributed by atoms with Crippen LogP contribution in [0.4, 0.5) is 0 Å². The number of nitrogens with one attached hydrogen (secondary N) is 1. The lowest BCUT2D eigenvalue weighted by molar-refractivity contribution is -0.121. The van der Waals surface area contributed by atoms with Crippen molar-refractivity contribution in [1.29, 1.82) is 0 Å². The van der Waals surface area contributed by atoms with E-state index in [0.717, 1.165) is 13.0 Å². The highest BCUT2D eigenvalue weighted by atomic mass is 16.1. The van der Waals surface area contributed by atoms with Crippen LogP contribution < -0.4 is 11.1 Å². The highest BCUT2D eigenvalue weighted by Crippen LogP contribution is 2.04. The van der Waals surface area contributed by atoms with Gasteiger partial charge in [-0.05, 0) is 26.1 Å². The minimum atomic E-state index is 0.0280. The SMILES string of the molecule is CN(C)CC(Cc1ccccc1)NC(=O)CCN. The minimum Gasteiger partial charge on any atom is -0.352 e. The van der Waals surface area contributed by atoms with E-state index in [1.165, 1.54) is 5.56 Å². The van der Waals surface area contributed by atoms with Gasteiger partial charge in [-0.25, -0.2) is 0 Å². The Kier molecular flexibility index (Phi) is 6.39. The predicted molar refractivity (Wildman–Crippen MR) is 74.3 cm³/mol. The summed E-state index contributed by atoms with van der Waals surface area (Å²) in [7, 11) is 4.01. The number of nitrogens with zero attached hydrogens (tertiary/aromatic N) is 1. The molecule has 1 amide bonds. The molecule has 1 aromatic rings. The number of hydrogen-bond acceptors (Lipinski definition) is 3. The summed E-state index contributed by atoms with van der Waals surface area (Å²) in [5.41, 5.74) is 6.62. The molecular formula is C14H23N3O. The van der Waals surface area contributed by atoms with Crippen LogP contribution in [0.5, 0.6) is 0 Å². The lowest BCUT2D eigenvalue weighted by Gasteiger charge is -2.22. The second kappa shape index (κ2) is 7.84. The Labute approximate surface area is 109 Å². The Morgan fingerprint density at radius 1 is 1.33 bits per heavy atom. The van der Waals surface area contributed by atoms with Crippen molar-refractivity contribution in [3.63, 3.8) is 0 Å². The molecule has 0 aliphatic rings. The summed E-state index contributed by atoms with van der Waals surface area (Å²) in [6.07, 6.45) is 1.23. The third kappa shape index (κ3) is 5.80. The molecule has 1 unspecified atom stereocenters. The van der Waals surface area contributed by atoms with Crippen molar-refractivity contribution in [2.24, 2.45) is 5.73 Å². The number of hydrogen-bond donors (Lipinski definition) is 2. The number of benzene rings is 1. The normalized spacial score (nSPS) is 12.4. The highest BCUT2D eigenvalue weighted by molar-refractivity contribution is 5.76. The Morgan fingerprint density at radius 2 is 2.00 bits per heavy atom. The molecule has 0 aliphatic carbocycles. The zero-order valence-electron chi connectivity index (χ0n) is 11.2. The fourth-order valence-corrected chi connectivity index (χ4v) is 1.93. The first-order valence-corrected chi connectivity index (χ1v) is 6.30. The van der Waals surface area contributed by atoms with E-state index >= 15 is 0 Å². The molecule has 1 aromatic carbocycles. The van der Waals surface area contributed by atoms with Crippen LogP contribution in [0.1, 0.15) is 12.0 Å². The predicted octanol–water partition coefficient (Wildman–Crippen LogP) is 0.624. The van der Waals surface area contributed by atoms with E-state index in [-0.39, 0.29) is 11.9 Å². The number of carbonyl (C=O) groups is 1. The van der Waals surface area contributed by atoms with Crippen LogP contribution in [0.25, 0.3) is 0 Å². The Morgan fingerprint density at radius 3 is 2.56 bits per heavy atom. The molecule has 0 bridgehead atoms. The average Bonchev–Trinajstić information content (AvgIpc) is 2.29. The zero-order chi connectivity index (χ0) is 13.4. The summed E-state index contributed by atoms with van der Waals surface area (Å²) in [5, 5.41) is 3.04. The van der Waals surface area contributed by atoms with Gasteiger partial charge < -0.3 is 16.0 Å². The standard InChI is InChI=1S/C14H23N3O/c1-17(2)11-13(16-14(18)8-9-15)10-12-6-4-3-5-7-12/h3-7,13H,8-11,15H2,1-2H3,(H,16,18). The summed E-state index contributed by atoms with van der Waals surface area (Å²) in [5.74, 6) is 0.0280. The second-order valence-electron chi connectivity index (χ2n) is 4.76. The maximum Gasteiger partial charge on any atom is 0.221 e. The van der Waals surface area contributed by atoms with E-state index in [9.17, 15) is 4.79 Å². The van der Waals surface area contributed by atoms with Crippen molar-refractivity contribution in [2.45, 2.75) is 18.9 Å². The van der Waals surface area contributed by atoms with Crippen molar-refractivity contribution in [1.82, 2.24) is 10.2 Å². The van der Waals surface area contributed by atoms with Gasteiger partial charge in [0.05, 0.1) is 0 Å². The van der Waals surface area contributed by atoms with Crippen LogP contribution in [0, 0.1) is 0 Å². The third-order valence-electron chi connectivity index (χ3n) is 2.65. The van der Waals surface area contributed by atoms with Gasteiger partial charge in [-0.2, -0.15) is 0 Å². The van der Waals surface area contributed by atoms with Crippen molar-refractivity contribution < 1.29 is 4.79 Å². The summed E-state index contributed by atoms with van der Waals surface area (Å²) >= 11 is 0. The second-order valence-corrected chi connectivity index (χ2v) is 4.76. The molecule has 100 valence electrons. The topological polar surface area (TPSA) is 58.4 Å². The highest BCUT2D eigenvalue weighted by Gasteiger charge is 2.13. The Balaban J connectivity index is 2.58. The maximum absolute atomic E-state index is 11.6. The first kappa shape index (κ1) is 14.7. The fraction of sp³-hybridized carbons (Fsp3) is 0.500. The number of rotatable bonds is 7. The Hall–Kier alpha value is -1.39. The van der Waals surface area contributed by atoms with Crippen LogP contribution in [0.2, 0.25) is 0 Å². The summed E-state index contributed by atoms with van der Waals surface area (Å²) in [6.45, 7) is 1.22. The summed E-state index contributed by atoms with van der Waals surface area (Å²) < 4.78 is 0. The van der Waals surface area contributed by atoms with Crippen LogP contribution >= 0.6 is 0 Å². The van der Waals surface area contributed by atoms with Crippen molar-refractivity contribution in [3.05, 3.63) is 35.9 Å². The fourth-order valence-electron chi connectivity index (χ4n) is 1.93. The molecule has 4 nitrogen and oxygen atoms in total. The van der Waals surface area contributed by atoms with Crippen LogP contribution in [-0.2, 0) is 11.2 Å². The molecule has 3 N–H and O–H groups in total. The van der Waals surface area contributed by atoms with Gasteiger partial charge in [0.25, 0.3) is 0 Å². The van der Waals surface area contributed by atoms with Gasteiger partial charge in [0.2, 0.25) is 5.91 Å². The number of nitrogens with two attached hydrogens (primary N) is 1. The lowest BCUT2D eigenvalue weighted by atomic mass is 10.1. The number of amides is 1. The van der Waals surface area contributed by atoms with Gasteiger partial charge in [0.1, 0.15) is 0 Å². The molecule has 4 heteroatoms. The van der Waals surface area contributed by atoms with Gasteiger partial charge in [0, 0.05) is 25.6 Å². The van der Waals surface area contributed by atoms with Crippen molar-refractivity contribution in [3.8, 4) is 0 Å². The van der Waals surface area contributed by atoms with Crippen molar-refractivity contribution in [2.75, 3.05) is 27.2 Å². The Bertz CT molecular complexity index is 351. The average molecular weight is 249 g/mol. The molecule has 18 heavy (non-hydrogen) atoms. The van der Waals surface area contributed by atoms with Crippen LogP contribution in [-0.4, -0.2) is 44.0 Å². The van der Waals surface area contributed by atoms with E-state index in [0.29, 0.717) is 13.0 Å². The van der Waals surface area contributed by atoms with E-state index in [1.807, 2.05) is 32.3 Å². The molecule has 1 atom stereocenters. The monoisotopic (exact) mass is 249 g/mol. The first-order chi connectivity index (χ1) is 8.61. The minimum absolute atomic E-state index is 0.0280. The van der Waals surface area contributed by atoms with Gasteiger partial charge in [0.15, 0.2) is 0 Å². The van der Waals surface area contributed by atoms with E-state index in [1.54, 1.807) is 0 Å². The smallest absolute Gasteiger partial charge is 0.221 e. The molecular weight excluding hydrogens is 226 g/mol. The van der Waals surface area contributed by atoms with E-state index in [4.69, 9.17) is 5.73 Å². The van der Waals surface area contributed by atoms with Gasteiger partial charge in [-0.3, -0.25) is 4.79 Å². The first-order valence-electron chi connectivity index (χ1n) is 6.30. The molecule has 0 fully saturated rings. The quantitative estimate of drug-likeness (QED) is 0.745. The largest absolute Gasteiger partial charge is 0.352 e. The zero-order valence-corrected chi connectivity index (χ0v) is 11.2. The van der Waals surface area contributed by atoms with Gasteiger partial charge in [-0.1, -0.05) is 30.3 Å². The van der Waals surface area contributed by atoms with E-state index in [2.05, 4.69) is 22.3 Å².